The molecule has 1 N–H and O–H groups in total. The minimum absolute atomic E-state index is 0.00496. The molecule has 1 aromatic carbocycles. The van der Waals surface area contributed by atoms with Crippen LogP contribution in [0.1, 0.15) is 5.56 Å². The van der Waals surface area contributed by atoms with Gasteiger partial charge in [0.1, 0.15) is 10.6 Å². The van der Waals surface area contributed by atoms with Crippen LogP contribution in [0.25, 0.3) is 6.08 Å². The number of hydrogen-bond donors (Lipinski definition) is 1. The molecule has 0 spiro atoms. The molecule has 1 aliphatic rings. The van der Waals surface area contributed by atoms with Gasteiger partial charge in [0.2, 0.25) is 0 Å². The maximum absolute atomic E-state index is 12.5. The minimum atomic E-state index is -0.523. The van der Waals surface area contributed by atoms with Crippen molar-refractivity contribution in [1.82, 2.24) is 15.2 Å². The number of halogens is 1. The van der Waals surface area contributed by atoms with Gasteiger partial charge in [-0.05, 0) is 54.2 Å². The lowest BCUT2D eigenvalue weighted by molar-refractivity contribution is -0.128. The fraction of sp³-hybridized carbons (Fsp3) is 0.0526. The molecule has 27 heavy (non-hydrogen) atoms. The molecular weight excluding hydrogens is 402 g/mol. The summed E-state index contributed by atoms with van der Waals surface area (Å²) >= 11 is 12.4. The molecule has 2 amide bonds. The van der Waals surface area contributed by atoms with E-state index in [1.165, 1.54) is 22.7 Å². The van der Waals surface area contributed by atoms with Crippen LogP contribution in [0.3, 0.4) is 0 Å². The average molecular weight is 416 g/mol. The Morgan fingerprint density at radius 2 is 1.96 bits per heavy atom. The van der Waals surface area contributed by atoms with Gasteiger partial charge in [-0.2, -0.15) is 0 Å². The van der Waals surface area contributed by atoms with Crippen LogP contribution in [0.5, 0.6) is 0 Å². The Bertz CT molecular complexity index is 940. The Hall–Kier alpha value is -2.48. The highest BCUT2D eigenvalue weighted by atomic mass is 35.5. The highest BCUT2D eigenvalue weighted by Gasteiger charge is 2.32. The predicted octanol–water partition coefficient (Wildman–Crippen LogP) is 3.70. The van der Waals surface area contributed by atoms with E-state index in [4.69, 9.17) is 23.8 Å². The van der Waals surface area contributed by atoms with E-state index < -0.39 is 11.8 Å². The largest absolute Gasteiger partial charge is 0.298 e. The fourth-order valence-corrected chi connectivity index (χ4v) is 3.45. The van der Waals surface area contributed by atoms with E-state index in [-0.39, 0.29) is 17.2 Å². The van der Waals surface area contributed by atoms with Crippen molar-refractivity contribution in [3.8, 4) is 0 Å². The summed E-state index contributed by atoms with van der Waals surface area (Å²) < 4.78 is 0. The van der Waals surface area contributed by atoms with Gasteiger partial charge in [-0.3, -0.25) is 19.8 Å². The average Bonchev–Trinajstić information content (AvgIpc) is 2.65. The summed E-state index contributed by atoms with van der Waals surface area (Å²) in [5.41, 5.74) is 0.644. The molecule has 1 aliphatic heterocycles. The standard InChI is InChI=1S/C19H14ClN3O2S2/c1-2-9-23-18(25)15(17(24)22-19(23)26)10-12-3-8-16(21-11-12)27-14-6-4-13(20)5-7-14/h2-8,10-11H,1,9H2,(H,22,24,26)/b15-10+. The zero-order valence-electron chi connectivity index (χ0n) is 14.0. The monoisotopic (exact) mass is 415 g/mol. The number of benzene rings is 1. The van der Waals surface area contributed by atoms with Gasteiger partial charge in [0.15, 0.2) is 5.11 Å². The van der Waals surface area contributed by atoms with Crippen LogP contribution in [0.4, 0.5) is 0 Å². The van der Waals surface area contributed by atoms with Crippen molar-refractivity contribution in [2.24, 2.45) is 0 Å². The summed E-state index contributed by atoms with van der Waals surface area (Å²) in [5.74, 6) is -0.979. The van der Waals surface area contributed by atoms with E-state index in [2.05, 4.69) is 16.9 Å². The zero-order valence-corrected chi connectivity index (χ0v) is 16.4. The molecule has 0 saturated carbocycles. The molecule has 1 saturated heterocycles. The number of pyridine rings is 1. The summed E-state index contributed by atoms with van der Waals surface area (Å²) in [6, 6.07) is 11.1. The molecule has 0 aliphatic carbocycles. The summed E-state index contributed by atoms with van der Waals surface area (Å²) in [4.78, 5) is 31.3. The molecule has 136 valence electrons. The van der Waals surface area contributed by atoms with Gasteiger partial charge < -0.3 is 0 Å². The Balaban J connectivity index is 1.78. The Morgan fingerprint density at radius 1 is 1.22 bits per heavy atom. The fourth-order valence-electron chi connectivity index (χ4n) is 2.32. The molecule has 0 bridgehead atoms. The minimum Gasteiger partial charge on any atom is -0.298 e. The van der Waals surface area contributed by atoms with E-state index in [0.717, 1.165) is 9.92 Å². The van der Waals surface area contributed by atoms with Crippen LogP contribution >= 0.6 is 35.6 Å². The molecule has 5 nitrogen and oxygen atoms in total. The van der Waals surface area contributed by atoms with Gasteiger partial charge in [-0.15, -0.1) is 6.58 Å². The number of nitrogens with one attached hydrogen (secondary N) is 1. The van der Waals surface area contributed by atoms with Crippen molar-refractivity contribution in [3.63, 3.8) is 0 Å². The second-order valence-electron chi connectivity index (χ2n) is 5.51. The Labute approximate surface area is 171 Å². The topological polar surface area (TPSA) is 62.3 Å². The third kappa shape index (κ3) is 4.63. The third-order valence-electron chi connectivity index (χ3n) is 3.60. The van der Waals surface area contributed by atoms with Crippen molar-refractivity contribution in [1.29, 1.82) is 0 Å². The molecule has 8 heteroatoms. The first kappa shape index (κ1) is 19.3. The summed E-state index contributed by atoms with van der Waals surface area (Å²) in [5, 5.41) is 4.05. The van der Waals surface area contributed by atoms with Crippen molar-refractivity contribution >= 4 is 58.6 Å². The van der Waals surface area contributed by atoms with Crippen LogP contribution in [0, 0.1) is 0 Å². The van der Waals surface area contributed by atoms with Crippen LogP contribution in [0.2, 0.25) is 5.02 Å². The maximum Gasteiger partial charge on any atom is 0.265 e. The molecule has 3 rings (SSSR count). The summed E-state index contributed by atoms with van der Waals surface area (Å²) in [6.07, 6.45) is 4.65. The first-order valence-corrected chi connectivity index (χ1v) is 9.47. The SMILES string of the molecule is C=CCN1C(=O)/C(=C/c2ccc(Sc3ccc(Cl)cc3)nc2)C(=O)NC1=S. The van der Waals surface area contributed by atoms with Gasteiger partial charge in [0, 0.05) is 22.7 Å². The molecule has 0 unspecified atom stereocenters. The molecule has 1 fully saturated rings. The predicted molar refractivity (Wildman–Crippen MR) is 110 cm³/mol. The number of carbonyl (C=O) groups is 2. The van der Waals surface area contributed by atoms with E-state index in [9.17, 15) is 9.59 Å². The second-order valence-corrected chi connectivity index (χ2v) is 7.42. The molecule has 0 radical (unpaired) electrons. The highest BCUT2D eigenvalue weighted by molar-refractivity contribution is 7.99. The third-order valence-corrected chi connectivity index (χ3v) is 5.14. The van der Waals surface area contributed by atoms with Gasteiger partial charge in [0.05, 0.1) is 0 Å². The smallest absolute Gasteiger partial charge is 0.265 e. The van der Waals surface area contributed by atoms with Crippen molar-refractivity contribution in [2.45, 2.75) is 9.92 Å². The number of nitrogens with zero attached hydrogens (tertiary/aromatic N) is 2. The van der Waals surface area contributed by atoms with Crippen molar-refractivity contribution in [2.75, 3.05) is 6.54 Å². The molecular formula is C19H14ClN3O2S2. The maximum atomic E-state index is 12.5. The summed E-state index contributed by atoms with van der Waals surface area (Å²) in [7, 11) is 0. The molecule has 1 aromatic heterocycles. The van der Waals surface area contributed by atoms with Crippen LogP contribution in [-0.4, -0.2) is 33.4 Å². The number of rotatable bonds is 5. The first-order chi connectivity index (χ1) is 13.0. The lowest BCUT2D eigenvalue weighted by Gasteiger charge is -2.27. The summed E-state index contributed by atoms with van der Waals surface area (Å²) in [6.45, 7) is 3.82. The number of thiocarbonyl (C=S) groups is 1. The number of hydrogen-bond acceptors (Lipinski definition) is 5. The van der Waals surface area contributed by atoms with Gasteiger partial charge in [0.25, 0.3) is 11.8 Å². The quantitative estimate of drug-likeness (QED) is 0.349. The second kappa shape index (κ2) is 8.47. The van der Waals surface area contributed by atoms with E-state index in [0.29, 0.717) is 10.6 Å². The van der Waals surface area contributed by atoms with Crippen LogP contribution < -0.4 is 5.32 Å². The number of carbonyl (C=O) groups excluding carboxylic acids is 2. The van der Waals surface area contributed by atoms with E-state index in [1.54, 1.807) is 18.3 Å². The lowest BCUT2D eigenvalue weighted by atomic mass is 10.1. The molecule has 2 aromatic rings. The van der Waals surface area contributed by atoms with Gasteiger partial charge in [-0.1, -0.05) is 35.5 Å². The molecule has 0 atom stereocenters. The van der Waals surface area contributed by atoms with Crippen molar-refractivity contribution in [3.05, 3.63) is 71.4 Å². The van der Waals surface area contributed by atoms with Crippen LogP contribution in [-0.2, 0) is 9.59 Å². The van der Waals surface area contributed by atoms with Gasteiger partial charge in [-0.25, -0.2) is 4.98 Å². The number of amides is 2. The Morgan fingerprint density at radius 3 is 2.59 bits per heavy atom. The highest BCUT2D eigenvalue weighted by Crippen LogP contribution is 2.27. The zero-order chi connectivity index (χ0) is 19.4. The first-order valence-electron chi connectivity index (χ1n) is 7.87. The van der Waals surface area contributed by atoms with E-state index >= 15 is 0 Å². The van der Waals surface area contributed by atoms with E-state index in [1.807, 2.05) is 30.3 Å². The van der Waals surface area contributed by atoms with Crippen molar-refractivity contribution < 1.29 is 9.59 Å². The van der Waals surface area contributed by atoms with Crippen LogP contribution in [0.15, 0.2) is 70.7 Å². The lowest BCUT2D eigenvalue weighted by Crippen LogP contribution is -2.53. The molecule has 2 heterocycles. The Kier molecular flexibility index (Phi) is 6.05. The normalized spacial score (nSPS) is 15.8. The van der Waals surface area contributed by atoms with Gasteiger partial charge >= 0.3 is 0 Å². The number of aromatic nitrogens is 1.